The van der Waals surface area contributed by atoms with E-state index in [0.717, 1.165) is 15.6 Å². The van der Waals surface area contributed by atoms with Crippen molar-refractivity contribution in [2.45, 2.75) is 23.5 Å². The molecule has 0 amide bonds. The van der Waals surface area contributed by atoms with Crippen LogP contribution in [-0.4, -0.2) is 29.6 Å². The highest BCUT2D eigenvalue weighted by Gasteiger charge is 2.22. The molecule has 0 saturated heterocycles. The highest BCUT2D eigenvalue weighted by atomic mass is 32.2. The number of rotatable bonds is 9. The zero-order valence-electron chi connectivity index (χ0n) is 14.0. The lowest BCUT2D eigenvalue weighted by Crippen LogP contribution is -2.25. The number of nitrogens with zero attached hydrogens (tertiary/aromatic N) is 2. The maximum Gasteiger partial charge on any atom is 0.309 e. The van der Waals surface area contributed by atoms with Crippen molar-refractivity contribution in [1.29, 1.82) is 5.26 Å². The minimum atomic E-state index is -3.75. The van der Waals surface area contributed by atoms with E-state index in [-0.39, 0.29) is 15.7 Å². The summed E-state index contributed by atoms with van der Waals surface area (Å²) >= 11 is 1.12. The Labute approximate surface area is 157 Å². The van der Waals surface area contributed by atoms with E-state index >= 15 is 0 Å². The second-order valence-electron chi connectivity index (χ2n) is 5.36. The molecule has 0 bridgehead atoms. The van der Waals surface area contributed by atoms with Crippen LogP contribution < -0.4 is 8.49 Å². The van der Waals surface area contributed by atoms with E-state index < -0.39 is 20.1 Å². The Morgan fingerprint density at radius 3 is 2.38 bits per heavy atom. The summed E-state index contributed by atoms with van der Waals surface area (Å²) in [6.07, 6.45) is 1.13. The fourth-order valence-corrected chi connectivity index (χ4v) is 5.47. The van der Waals surface area contributed by atoms with Gasteiger partial charge in [-0.05, 0) is 48.6 Å². The second-order valence-corrected chi connectivity index (χ2v) is 10.2. The molecule has 1 aromatic heterocycles. The van der Waals surface area contributed by atoms with Crippen LogP contribution in [0.15, 0.2) is 46.0 Å². The van der Waals surface area contributed by atoms with Gasteiger partial charge in [-0.2, -0.15) is 13.7 Å². The third-order valence-electron chi connectivity index (χ3n) is 3.47. The smallest absolute Gasteiger partial charge is 0.309 e. The summed E-state index contributed by atoms with van der Waals surface area (Å²) in [6.45, 7) is 0. The molecule has 2 rings (SSSR count). The maximum atomic E-state index is 12.5. The lowest BCUT2D eigenvalue weighted by molar-refractivity contribution is 0.483. The number of anilines is 1. The van der Waals surface area contributed by atoms with Crippen molar-refractivity contribution in [3.05, 3.63) is 41.8 Å². The zero-order valence-corrected chi connectivity index (χ0v) is 16.5. The maximum absolute atomic E-state index is 12.5. The highest BCUT2D eigenvalue weighted by molar-refractivity contribution is 7.94. The molecule has 140 valence electrons. The van der Waals surface area contributed by atoms with Crippen LogP contribution in [0.25, 0.3) is 0 Å². The normalized spacial score (nSPS) is 11.7. The molecular formula is C16H18N2O5S3. The molecule has 0 saturated carbocycles. The first kappa shape index (κ1) is 20.2. The highest BCUT2D eigenvalue weighted by Crippen LogP contribution is 2.27. The van der Waals surface area contributed by atoms with E-state index in [4.69, 9.17) is 9.44 Å². The molecule has 0 spiro atoms. The number of thiophene rings is 1. The fourth-order valence-electron chi connectivity index (χ4n) is 2.07. The molecule has 26 heavy (non-hydrogen) atoms. The molecule has 0 aliphatic heterocycles. The largest absolute Gasteiger partial charge is 0.382 e. The van der Waals surface area contributed by atoms with Gasteiger partial charge in [0.25, 0.3) is 10.0 Å². The third-order valence-corrected chi connectivity index (χ3v) is 7.86. The summed E-state index contributed by atoms with van der Waals surface area (Å²) in [6, 6.07) is 10.9. The van der Waals surface area contributed by atoms with Crippen LogP contribution in [-0.2, 0) is 20.1 Å². The Morgan fingerprint density at radius 1 is 1.12 bits per heavy atom. The van der Waals surface area contributed by atoms with E-state index in [1.807, 2.05) is 6.07 Å². The first-order valence-electron chi connectivity index (χ1n) is 7.68. The van der Waals surface area contributed by atoms with Gasteiger partial charge in [0.05, 0.1) is 17.5 Å². The molecule has 0 unspecified atom stereocenters. The van der Waals surface area contributed by atoms with Crippen molar-refractivity contribution < 1.29 is 21.0 Å². The van der Waals surface area contributed by atoms with Gasteiger partial charge in [0.2, 0.25) is 0 Å². The molecule has 1 aromatic carbocycles. The van der Waals surface area contributed by atoms with E-state index in [9.17, 15) is 16.8 Å². The van der Waals surface area contributed by atoms with Gasteiger partial charge in [0, 0.05) is 13.5 Å². The number of hydrogen-bond acceptors (Lipinski definition) is 7. The fraction of sp³-hybridized carbons (Fsp3) is 0.312. The van der Waals surface area contributed by atoms with Gasteiger partial charge in [0.1, 0.15) is 9.96 Å². The predicted molar refractivity (Wildman–Crippen MR) is 100 cm³/mol. The SMILES string of the molecule is CN(c1ccc(OS(=O)(=O)CCCCC#N)cc1)S(=O)(=O)c1cccs1. The lowest BCUT2D eigenvalue weighted by atomic mass is 10.3. The van der Waals surface area contributed by atoms with Gasteiger partial charge in [-0.25, -0.2) is 8.42 Å². The van der Waals surface area contributed by atoms with Gasteiger partial charge in [0.15, 0.2) is 0 Å². The van der Waals surface area contributed by atoms with E-state index in [2.05, 4.69) is 0 Å². The predicted octanol–water partition coefficient (Wildman–Crippen LogP) is 2.98. The first-order valence-corrected chi connectivity index (χ1v) is 11.6. The Hall–Kier alpha value is -2.09. The van der Waals surface area contributed by atoms with Crippen molar-refractivity contribution in [3.63, 3.8) is 0 Å². The summed E-state index contributed by atoms with van der Waals surface area (Å²) in [5, 5.41) is 10.1. The van der Waals surface area contributed by atoms with Crippen LogP contribution in [0.1, 0.15) is 19.3 Å². The quantitative estimate of drug-likeness (QED) is 0.461. The summed E-state index contributed by atoms with van der Waals surface area (Å²) in [5.41, 5.74) is 0.386. The van der Waals surface area contributed by atoms with Gasteiger partial charge in [-0.3, -0.25) is 4.31 Å². The molecular weight excluding hydrogens is 396 g/mol. The number of nitriles is 1. The standard InChI is InChI=1S/C16H18N2O5S3/c1-18(26(21,22)16-6-5-12-24-16)14-7-9-15(10-8-14)23-25(19,20)13-4-2-3-11-17/h5-10,12H,2-4,13H2,1H3. The number of hydrogen-bond donors (Lipinski definition) is 0. The van der Waals surface area contributed by atoms with Crippen LogP contribution in [0.5, 0.6) is 5.75 Å². The Morgan fingerprint density at radius 2 is 1.81 bits per heavy atom. The van der Waals surface area contributed by atoms with Crippen molar-refractivity contribution in [1.82, 2.24) is 0 Å². The Bertz CT molecular complexity index is 960. The summed E-state index contributed by atoms with van der Waals surface area (Å²) < 4.78 is 55.0. The van der Waals surface area contributed by atoms with Gasteiger partial charge in [-0.1, -0.05) is 6.07 Å². The Balaban J connectivity index is 2.05. The first-order chi connectivity index (χ1) is 12.3. The van der Waals surface area contributed by atoms with Crippen molar-refractivity contribution in [2.24, 2.45) is 0 Å². The van der Waals surface area contributed by atoms with Gasteiger partial charge in [-0.15, -0.1) is 11.3 Å². The minimum absolute atomic E-state index is 0.107. The monoisotopic (exact) mass is 414 g/mol. The van der Waals surface area contributed by atoms with E-state index in [1.54, 1.807) is 11.4 Å². The van der Waals surface area contributed by atoms with Crippen LogP contribution >= 0.6 is 11.3 Å². The van der Waals surface area contributed by atoms with E-state index in [1.165, 1.54) is 37.4 Å². The number of benzene rings is 1. The topological polar surface area (TPSA) is 105 Å². The molecule has 2 aromatic rings. The van der Waals surface area contributed by atoms with Crippen molar-refractivity contribution in [2.75, 3.05) is 17.1 Å². The zero-order chi connectivity index (χ0) is 19.2. The molecule has 1 heterocycles. The number of sulfonamides is 1. The molecule has 0 fully saturated rings. The van der Waals surface area contributed by atoms with Crippen LogP contribution in [0.3, 0.4) is 0 Å². The van der Waals surface area contributed by atoms with Crippen LogP contribution in [0.2, 0.25) is 0 Å². The second kappa shape index (κ2) is 8.53. The molecule has 7 nitrogen and oxygen atoms in total. The summed E-state index contributed by atoms with van der Waals surface area (Å²) in [5.74, 6) is -0.0701. The molecule has 0 aliphatic carbocycles. The molecule has 0 atom stereocenters. The van der Waals surface area contributed by atoms with Crippen molar-refractivity contribution >= 4 is 37.2 Å². The molecule has 10 heteroatoms. The van der Waals surface area contributed by atoms with Crippen LogP contribution in [0.4, 0.5) is 5.69 Å². The van der Waals surface area contributed by atoms with Crippen LogP contribution in [0, 0.1) is 11.3 Å². The molecule has 0 N–H and O–H groups in total. The number of unbranched alkanes of at least 4 members (excludes halogenated alkanes) is 2. The Kier molecular flexibility index (Phi) is 6.63. The average molecular weight is 415 g/mol. The summed E-state index contributed by atoms with van der Waals surface area (Å²) in [4.78, 5) is 0. The molecule has 0 aliphatic rings. The third kappa shape index (κ3) is 5.20. The minimum Gasteiger partial charge on any atom is -0.382 e. The van der Waals surface area contributed by atoms with Gasteiger partial charge < -0.3 is 4.18 Å². The lowest BCUT2D eigenvalue weighted by Gasteiger charge is -2.18. The summed E-state index contributed by atoms with van der Waals surface area (Å²) in [7, 11) is -5.97. The molecule has 0 radical (unpaired) electrons. The average Bonchev–Trinajstić information content (AvgIpc) is 3.14. The van der Waals surface area contributed by atoms with Crippen molar-refractivity contribution in [3.8, 4) is 11.8 Å². The van der Waals surface area contributed by atoms with E-state index in [0.29, 0.717) is 24.9 Å². The van der Waals surface area contributed by atoms with Gasteiger partial charge >= 0.3 is 10.1 Å².